The summed E-state index contributed by atoms with van der Waals surface area (Å²) >= 11 is 0. The number of ether oxygens (including phenoxy) is 2. The third-order valence-corrected chi connectivity index (χ3v) is 5.43. The average Bonchev–Trinajstić information content (AvgIpc) is 3.12. The maximum atomic E-state index is 13.1. The summed E-state index contributed by atoms with van der Waals surface area (Å²) in [5.74, 6) is 1.57. The van der Waals surface area contributed by atoms with Gasteiger partial charge in [-0.25, -0.2) is 0 Å². The standard InChI is InChI=1S/C22H28N2O3/c1-15-12-20(26-4)21(27-5)13-18(15)14-23(3)16(2)22(25)24-11-10-17-8-6-7-9-19(17)24/h6-9,12-13,16H,10-11,14H2,1-5H3/t16-/m0/s1. The molecule has 1 heterocycles. The van der Waals surface area contributed by atoms with Crippen molar-refractivity contribution in [2.75, 3.05) is 32.7 Å². The van der Waals surface area contributed by atoms with Crippen LogP contribution in [0, 0.1) is 6.92 Å². The van der Waals surface area contributed by atoms with Crippen molar-refractivity contribution in [1.82, 2.24) is 4.90 Å². The molecule has 1 aliphatic rings. The van der Waals surface area contributed by atoms with Crippen LogP contribution >= 0.6 is 0 Å². The molecule has 1 aliphatic heterocycles. The molecule has 0 saturated carbocycles. The topological polar surface area (TPSA) is 42.0 Å². The van der Waals surface area contributed by atoms with Crippen molar-refractivity contribution in [3.05, 3.63) is 53.1 Å². The number of carbonyl (C=O) groups is 1. The van der Waals surface area contributed by atoms with Gasteiger partial charge < -0.3 is 14.4 Å². The quantitative estimate of drug-likeness (QED) is 0.783. The zero-order chi connectivity index (χ0) is 19.6. The lowest BCUT2D eigenvalue weighted by molar-refractivity contribution is -0.122. The van der Waals surface area contributed by atoms with Crippen LogP contribution in [0.5, 0.6) is 11.5 Å². The van der Waals surface area contributed by atoms with E-state index >= 15 is 0 Å². The number of rotatable bonds is 6. The van der Waals surface area contributed by atoms with Gasteiger partial charge in [0.05, 0.1) is 20.3 Å². The highest BCUT2D eigenvalue weighted by Crippen LogP contribution is 2.32. The van der Waals surface area contributed by atoms with Gasteiger partial charge in [-0.1, -0.05) is 18.2 Å². The molecule has 0 bridgehead atoms. The number of aryl methyl sites for hydroxylation is 1. The highest BCUT2D eigenvalue weighted by Gasteiger charge is 2.29. The van der Waals surface area contributed by atoms with Gasteiger partial charge in [0.15, 0.2) is 11.5 Å². The van der Waals surface area contributed by atoms with E-state index in [-0.39, 0.29) is 11.9 Å². The van der Waals surface area contributed by atoms with Gasteiger partial charge in [0.1, 0.15) is 0 Å². The fourth-order valence-corrected chi connectivity index (χ4v) is 3.58. The Morgan fingerprint density at radius 2 is 1.85 bits per heavy atom. The molecule has 27 heavy (non-hydrogen) atoms. The van der Waals surface area contributed by atoms with E-state index in [2.05, 4.69) is 11.0 Å². The van der Waals surface area contributed by atoms with Gasteiger partial charge in [-0.05, 0) is 62.2 Å². The highest BCUT2D eigenvalue weighted by molar-refractivity contribution is 5.98. The summed E-state index contributed by atoms with van der Waals surface area (Å²) in [7, 11) is 5.26. The second kappa shape index (κ2) is 8.01. The van der Waals surface area contributed by atoms with E-state index < -0.39 is 0 Å². The molecule has 3 rings (SSSR count). The molecule has 5 nitrogen and oxygen atoms in total. The molecule has 5 heteroatoms. The van der Waals surface area contributed by atoms with Gasteiger partial charge in [0.25, 0.3) is 0 Å². The van der Waals surface area contributed by atoms with Crippen LogP contribution < -0.4 is 14.4 Å². The number of benzene rings is 2. The lowest BCUT2D eigenvalue weighted by Gasteiger charge is -2.29. The molecule has 0 aromatic heterocycles. The zero-order valence-corrected chi connectivity index (χ0v) is 16.8. The zero-order valence-electron chi connectivity index (χ0n) is 16.8. The molecule has 0 radical (unpaired) electrons. The van der Waals surface area contributed by atoms with E-state index in [0.29, 0.717) is 12.3 Å². The lowest BCUT2D eigenvalue weighted by Crippen LogP contribution is -2.45. The Hall–Kier alpha value is -2.53. The number of hydrogen-bond acceptors (Lipinski definition) is 4. The SMILES string of the molecule is COc1cc(C)c(CN(C)[C@@H](C)C(=O)N2CCc3ccccc32)cc1OC. The number of likely N-dealkylation sites (N-methyl/N-ethyl adjacent to an activating group) is 1. The van der Waals surface area contributed by atoms with Gasteiger partial charge in [0, 0.05) is 18.8 Å². The second-order valence-electron chi connectivity index (χ2n) is 7.09. The number of para-hydroxylation sites is 1. The predicted octanol–water partition coefficient (Wildman–Crippen LogP) is 3.42. The molecule has 0 spiro atoms. The van der Waals surface area contributed by atoms with Crippen molar-refractivity contribution >= 4 is 11.6 Å². The normalized spacial score (nSPS) is 14.2. The Morgan fingerprint density at radius 3 is 2.56 bits per heavy atom. The van der Waals surface area contributed by atoms with Gasteiger partial charge in [-0.2, -0.15) is 0 Å². The second-order valence-corrected chi connectivity index (χ2v) is 7.09. The van der Waals surface area contributed by atoms with Crippen LogP contribution in [0.3, 0.4) is 0 Å². The molecule has 0 saturated heterocycles. The van der Waals surface area contributed by atoms with Crippen molar-refractivity contribution in [3.63, 3.8) is 0 Å². The van der Waals surface area contributed by atoms with Gasteiger partial charge in [-0.3, -0.25) is 9.69 Å². The minimum Gasteiger partial charge on any atom is -0.493 e. The van der Waals surface area contributed by atoms with E-state index in [1.165, 1.54) is 5.56 Å². The van der Waals surface area contributed by atoms with Crippen LogP contribution in [-0.4, -0.2) is 44.7 Å². The number of nitrogens with zero attached hydrogens (tertiary/aromatic N) is 2. The average molecular weight is 368 g/mol. The van der Waals surface area contributed by atoms with E-state index in [9.17, 15) is 4.79 Å². The summed E-state index contributed by atoms with van der Waals surface area (Å²) < 4.78 is 10.8. The smallest absolute Gasteiger partial charge is 0.244 e. The first kappa shape index (κ1) is 19.2. The minimum absolute atomic E-state index is 0.139. The predicted molar refractivity (Wildman–Crippen MR) is 108 cm³/mol. The number of fused-ring (bicyclic) bond motifs is 1. The summed E-state index contributed by atoms with van der Waals surface area (Å²) in [4.78, 5) is 17.1. The van der Waals surface area contributed by atoms with Crippen molar-refractivity contribution in [1.29, 1.82) is 0 Å². The molecular weight excluding hydrogens is 340 g/mol. The molecule has 144 valence electrons. The summed E-state index contributed by atoms with van der Waals surface area (Å²) in [6, 6.07) is 11.9. The summed E-state index contributed by atoms with van der Waals surface area (Å²) in [5, 5.41) is 0. The fourth-order valence-electron chi connectivity index (χ4n) is 3.58. The molecule has 0 fully saturated rings. The highest BCUT2D eigenvalue weighted by atomic mass is 16.5. The monoisotopic (exact) mass is 368 g/mol. The summed E-state index contributed by atoms with van der Waals surface area (Å²) in [5.41, 5.74) is 4.53. The summed E-state index contributed by atoms with van der Waals surface area (Å²) in [6.07, 6.45) is 0.924. The van der Waals surface area contributed by atoms with E-state index in [1.54, 1.807) is 14.2 Å². The fraction of sp³-hybridized carbons (Fsp3) is 0.409. The Labute approximate surface area is 161 Å². The van der Waals surface area contributed by atoms with Crippen LogP contribution in [0.25, 0.3) is 0 Å². The maximum absolute atomic E-state index is 13.1. The molecule has 0 N–H and O–H groups in total. The van der Waals surface area contributed by atoms with E-state index in [4.69, 9.17) is 9.47 Å². The number of methoxy groups -OCH3 is 2. The number of hydrogen-bond donors (Lipinski definition) is 0. The largest absolute Gasteiger partial charge is 0.493 e. The number of anilines is 1. The number of amides is 1. The van der Waals surface area contributed by atoms with Crippen LogP contribution in [0.15, 0.2) is 36.4 Å². The Bertz CT molecular complexity index is 834. The Balaban J connectivity index is 1.75. The number of carbonyl (C=O) groups excluding carboxylic acids is 1. The molecule has 2 aromatic carbocycles. The molecule has 0 aliphatic carbocycles. The van der Waals surface area contributed by atoms with Crippen LogP contribution in [-0.2, 0) is 17.8 Å². The van der Waals surface area contributed by atoms with Crippen molar-refractivity contribution < 1.29 is 14.3 Å². The van der Waals surface area contributed by atoms with Crippen LogP contribution in [0.4, 0.5) is 5.69 Å². The van der Waals surface area contributed by atoms with Gasteiger partial charge in [0.2, 0.25) is 5.91 Å². The Kier molecular flexibility index (Phi) is 5.71. The van der Waals surface area contributed by atoms with E-state index in [1.807, 2.05) is 56.1 Å². The first-order valence-electron chi connectivity index (χ1n) is 9.27. The first-order chi connectivity index (χ1) is 13.0. The van der Waals surface area contributed by atoms with E-state index in [0.717, 1.165) is 35.5 Å². The molecule has 0 unspecified atom stereocenters. The lowest BCUT2D eigenvalue weighted by atomic mass is 10.1. The van der Waals surface area contributed by atoms with Crippen LogP contribution in [0.2, 0.25) is 0 Å². The molecule has 2 aromatic rings. The van der Waals surface area contributed by atoms with Crippen molar-refractivity contribution in [3.8, 4) is 11.5 Å². The van der Waals surface area contributed by atoms with Crippen molar-refractivity contribution in [2.45, 2.75) is 32.9 Å². The van der Waals surface area contributed by atoms with Crippen molar-refractivity contribution in [2.24, 2.45) is 0 Å². The van der Waals surface area contributed by atoms with Gasteiger partial charge in [-0.15, -0.1) is 0 Å². The first-order valence-corrected chi connectivity index (χ1v) is 9.27. The van der Waals surface area contributed by atoms with Crippen LogP contribution in [0.1, 0.15) is 23.6 Å². The summed E-state index contributed by atoms with van der Waals surface area (Å²) in [6.45, 7) is 5.44. The Morgan fingerprint density at radius 1 is 1.19 bits per heavy atom. The molecule has 1 atom stereocenters. The molecular formula is C22H28N2O3. The minimum atomic E-state index is -0.219. The third kappa shape index (κ3) is 3.78. The molecule has 1 amide bonds. The third-order valence-electron chi connectivity index (χ3n) is 5.43. The van der Waals surface area contributed by atoms with Gasteiger partial charge >= 0.3 is 0 Å². The maximum Gasteiger partial charge on any atom is 0.244 e.